The number of ether oxygens (including phenoxy) is 1. The maximum atomic E-state index is 9.38. The molecule has 3 nitrogen and oxygen atoms in total. The third kappa shape index (κ3) is 1.51. The fraction of sp³-hybridized carbons (Fsp3) is 0.333. The second kappa shape index (κ2) is 3.45. The molecule has 0 spiro atoms. The third-order valence-corrected chi connectivity index (χ3v) is 1.82. The highest BCUT2D eigenvalue weighted by molar-refractivity contribution is 5.44. The van der Waals surface area contributed by atoms with Crippen LogP contribution < -0.4 is 10.5 Å². The number of methoxy groups -OCH3 is 1. The number of hydrogen-bond acceptors (Lipinski definition) is 3. The summed E-state index contributed by atoms with van der Waals surface area (Å²) >= 11 is 0. The molecule has 0 radical (unpaired) electrons. The number of nitrogens with two attached hydrogens (primary N) is 1. The Kier molecular flexibility index (Phi) is 2.55. The van der Waals surface area contributed by atoms with Gasteiger partial charge in [-0.05, 0) is 24.6 Å². The summed E-state index contributed by atoms with van der Waals surface area (Å²) in [5.41, 5.74) is 7.02. The lowest BCUT2D eigenvalue weighted by Gasteiger charge is -2.08. The highest BCUT2D eigenvalue weighted by Crippen LogP contribution is 2.26. The zero-order chi connectivity index (χ0) is 9.14. The van der Waals surface area contributed by atoms with Crippen molar-refractivity contribution in [3.63, 3.8) is 0 Å². The van der Waals surface area contributed by atoms with Crippen LogP contribution in [0.5, 0.6) is 11.5 Å². The zero-order valence-electron chi connectivity index (χ0n) is 7.29. The molecule has 0 aliphatic rings. The van der Waals surface area contributed by atoms with E-state index in [2.05, 4.69) is 0 Å². The van der Waals surface area contributed by atoms with Crippen LogP contribution in [0.3, 0.4) is 0 Å². The monoisotopic (exact) mass is 167 g/mol. The molecule has 0 saturated heterocycles. The highest BCUT2D eigenvalue weighted by atomic mass is 16.5. The standard InChI is InChI=1S/C9H13NO2/c1-6-3-8(11)7(5-10)4-9(6)12-2/h3-4,11H,5,10H2,1-2H3. The number of benzene rings is 1. The van der Waals surface area contributed by atoms with Crippen LogP contribution >= 0.6 is 0 Å². The van der Waals surface area contributed by atoms with Crippen LogP contribution in [0.25, 0.3) is 0 Å². The van der Waals surface area contributed by atoms with Gasteiger partial charge >= 0.3 is 0 Å². The molecule has 1 aromatic rings. The van der Waals surface area contributed by atoms with E-state index in [4.69, 9.17) is 10.5 Å². The first-order chi connectivity index (χ1) is 5.69. The van der Waals surface area contributed by atoms with Gasteiger partial charge in [-0.3, -0.25) is 0 Å². The summed E-state index contributed by atoms with van der Waals surface area (Å²) in [5.74, 6) is 0.990. The Labute approximate surface area is 71.8 Å². The van der Waals surface area contributed by atoms with E-state index >= 15 is 0 Å². The smallest absolute Gasteiger partial charge is 0.122 e. The molecule has 0 aliphatic heterocycles. The Morgan fingerprint density at radius 2 is 2.17 bits per heavy atom. The fourth-order valence-corrected chi connectivity index (χ4v) is 1.10. The van der Waals surface area contributed by atoms with Crippen molar-refractivity contribution >= 4 is 0 Å². The van der Waals surface area contributed by atoms with Crippen LogP contribution in [0.1, 0.15) is 11.1 Å². The lowest BCUT2D eigenvalue weighted by Crippen LogP contribution is -1.98. The Morgan fingerprint density at radius 3 is 2.67 bits per heavy atom. The number of hydrogen-bond donors (Lipinski definition) is 2. The van der Waals surface area contributed by atoms with Gasteiger partial charge in [0.05, 0.1) is 7.11 Å². The molecule has 12 heavy (non-hydrogen) atoms. The van der Waals surface area contributed by atoms with Gasteiger partial charge in [-0.1, -0.05) is 0 Å². The summed E-state index contributed by atoms with van der Waals surface area (Å²) in [4.78, 5) is 0. The van der Waals surface area contributed by atoms with Crippen molar-refractivity contribution in [2.45, 2.75) is 13.5 Å². The molecule has 0 aliphatic carbocycles. The van der Waals surface area contributed by atoms with E-state index in [0.29, 0.717) is 12.1 Å². The van der Waals surface area contributed by atoms with E-state index < -0.39 is 0 Å². The van der Waals surface area contributed by atoms with Crippen LogP contribution in [-0.4, -0.2) is 12.2 Å². The second-order valence-corrected chi connectivity index (χ2v) is 2.65. The minimum atomic E-state index is 0.232. The van der Waals surface area contributed by atoms with Crippen molar-refractivity contribution in [3.8, 4) is 11.5 Å². The lowest BCUT2D eigenvalue weighted by molar-refractivity contribution is 0.407. The van der Waals surface area contributed by atoms with Crippen LogP contribution in [0.2, 0.25) is 0 Å². The van der Waals surface area contributed by atoms with E-state index in [-0.39, 0.29) is 5.75 Å². The molecule has 0 heterocycles. The zero-order valence-corrected chi connectivity index (χ0v) is 7.29. The number of aryl methyl sites for hydroxylation is 1. The van der Waals surface area contributed by atoms with Gasteiger partial charge in [0.2, 0.25) is 0 Å². The molecule has 0 saturated carbocycles. The van der Waals surface area contributed by atoms with Gasteiger partial charge < -0.3 is 15.6 Å². The molecule has 1 rings (SSSR count). The van der Waals surface area contributed by atoms with Crippen LogP contribution in [0.4, 0.5) is 0 Å². The van der Waals surface area contributed by atoms with E-state index in [0.717, 1.165) is 11.3 Å². The summed E-state index contributed by atoms with van der Waals surface area (Å²) in [6, 6.07) is 3.41. The van der Waals surface area contributed by atoms with Crippen LogP contribution in [0, 0.1) is 6.92 Å². The molecule has 0 aromatic heterocycles. The average molecular weight is 167 g/mol. The predicted molar refractivity (Wildman–Crippen MR) is 47.3 cm³/mol. The van der Waals surface area contributed by atoms with E-state index in [9.17, 15) is 5.11 Å². The van der Waals surface area contributed by atoms with E-state index in [1.165, 1.54) is 0 Å². The Morgan fingerprint density at radius 1 is 1.50 bits per heavy atom. The molecule has 0 fully saturated rings. The number of phenolic OH excluding ortho intramolecular Hbond substituents is 1. The first-order valence-electron chi connectivity index (χ1n) is 3.75. The molecule has 0 bridgehead atoms. The number of rotatable bonds is 2. The van der Waals surface area contributed by atoms with Crippen molar-refractivity contribution in [2.24, 2.45) is 5.73 Å². The predicted octanol–water partition coefficient (Wildman–Crippen LogP) is 1.17. The maximum Gasteiger partial charge on any atom is 0.122 e. The van der Waals surface area contributed by atoms with Gasteiger partial charge in [-0.15, -0.1) is 0 Å². The molecule has 3 N–H and O–H groups in total. The summed E-state index contributed by atoms with van der Waals surface area (Å²) in [7, 11) is 1.60. The molecule has 0 atom stereocenters. The quantitative estimate of drug-likeness (QED) is 0.695. The first kappa shape index (κ1) is 8.87. The number of phenols is 1. The molecular formula is C9H13NO2. The van der Waals surface area contributed by atoms with Gasteiger partial charge in [-0.25, -0.2) is 0 Å². The third-order valence-electron chi connectivity index (χ3n) is 1.82. The van der Waals surface area contributed by atoms with Crippen molar-refractivity contribution in [2.75, 3.05) is 7.11 Å². The Bertz CT molecular complexity index is 259. The summed E-state index contributed by atoms with van der Waals surface area (Å²) in [5, 5.41) is 9.38. The summed E-state index contributed by atoms with van der Waals surface area (Å²) < 4.78 is 5.08. The molecule has 3 heteroatoms. The van der Waals surface area contributed by atoms with E-state index in [1.807, 2.05) is 6.92 Å². The number of aromatic hydroxyl groups is 1. The average Bonchev–Trinajstić information content (AvgIpc) is 2.05. The Balaban J connectivity index is 3.18. The SMILES string of the molecule is COc1cc(CN)c(O)cc1C. The first-order valence-corrected chi connectivity index (χ1v) is 3.75. The summed E-state index contributed by atoms with van der Waals surface area (Å²) in [6.45, 7) is 2.20. The topological polar surface area (TPSA) is 55.5 Å². The van der Waals surface area contributed by atoms with Gasteiger partial charge in [0, 0.05) is 12.1 Å². The highest BCUT2D eigenvalue weighted by Gasteiger charge is 2.04. The molecule has 0 amide bonds. The maximum absolute atomic E-state index is 9.38. The van der Waals surface area contributed by atoms with Gasteiger partial charge in [-0.2, -0.15) is 0 Å². The molecule has 66 valence electrons. The largest absolute Gasteiger partial charge is 0.508 e. The normalized spacial score (nSPS) is 9.92. The van der Waals surface area contributed by atoms with Gasteiger partial charge in [0.25, 0.3) is 0 Å². The summed E-state index contributed by atoms with van der Waals surface area (Å²) in [6.07, 6.45) is 0. The minimum absolute atomic E-state index is 0.232. The van der Waals surface area contributed by atoms with Crippen molar-refractivity contribution in [1.29, 1.82) is 0 Å². The van der Waals surface area contributed by atoms with Crippen molar-refractivity contribution in [3.05, 3.63) is 23.3 Å². The van der Waals surface area contributed by atoms with Gasteiger partial charge in [0.1, 0.15) is 11.5 Å². The lowest BCUT2D eigenvalue weighted by atomic mass is 10.1. The molecule has 0 unspecified atom stereocenters. The van der Waals surface area contributed by atoms with Gasteiger partial charge in [0.15, 0.2) is 0 Å². The van der Waals surface area contributed by atoms with E-state index in [1.54, 1.807) is 19.2 Å². The van der Waals surface area contributed by atoms with Crippen LogP contribution in [-0.2, 0) is 6.54 Å². The second-order valence-electron chi connectivity index (χ2n) is 2.65. The Hall–Kier alpha value is -1.22. The fourth-order valence-electron chi connectivity index (χ4n) is 1.10. The molecular weight excluding hydrogens is 154 g/mol. The van der Waals surface area contributed by atoms with Crippen molar-refractivity contribution in [1.82, 2.24) is 0 Å². The van der Waals surface area contributed by atoms with Crippen LogP contribution in [0.15, 0.2) is 12.1 Å². The van der Waals surface area contributed by atoms with Crippen molar-refractivity contribution < 1.29 is 9.84 Å². The minimum Gasteiger partial charge on any atom is -0.508 e. The molecule has 1 aromatic carbocycles.